The zero-order valence-corrected chi connectivity index (χ0v) is 12.3. The Morgan fingerprint density at radius 2 is 1.95 bits per heavy atom. The molecule has 2 heterocycles. The molecule has 0 bridgehead atoms. The van der Waals surface area contributed by atoms with Crippen molar-refractivity contribution in [2.45, 2.75) is 26.2 Å². The molecule has 0 amide bonds. The highest BCUT2D eigenvalue weighted by atomic mass is 32.1. The molecule has 1 aliphatic rings. The fourth-order valence-corrected chi connectivity index (χ4v) is 3.39. The molecule has 19 heavy (non-hydrogen) atoms. The maximum Gasteiger partial charge on any atom is 0.133 e. The molecule has 1 aliphatic heterocycles. The van der Waals surface area contributed by atoms with Gasteiger partial charge in [0.1, 0.15) is 15.7 Å². The molecule has 0 radical (unpaired) electrons. The van der Waals surface area contributed by atoms with E-state index in [0.29, 0.717) is 4.99 Å². The normalized spacial score (nSPS) is 13.0. The number of aromatic nitrogens is 1. The van der Waals surface area contributed by atoms with E-state index in [9.17, 15) is 0 Å². The van der Waals surface area contributed by atoms with Crippen molar-refractivity contribution in [3.8, 4) is 0 Å². The van der Waals surface area contributed by atoms with Gasteiger partial charge in [-0.1, -0.05) is 37.7 Å². The van der Waals surface area contributed by atoms with Gasteiger partial charge in [0, 0.05) is 0 Å². The van der Waals surface area contributed by atoms with Gasteiger partial charge in [-0.3, -0.25) is 0 Å². The molecule has 1 aromatic heterocycles. The van der Waals surface area contributed by atoms with Crippen LogP contribution in [0, 0.1) is 0 Å². The lowest BCUT2D eigenvalue weighted by Gasteiger charge is -2.07. The molecule has 0 fully saturated rings. The second-order valence-corrected chi connectivity index (χ2v) is 6.01. The van der Waals surface area contributed by atoms with Gasteiger partial charge in [0.25, 0.3) is 0 Å². The van der Waals surface area contributed by atoms with Crippen molar-refractivity contribution in [3.05, 3.63) is 35.0 Å². The summed E-state index contributed by atoms with van der Waals surface area (Å²) in [6.45, 7) is 2.19. The number of hydrogen-bond acceptors (Lipinski definition) is 4. The summed E-state index contributed by atoms with van der Waals surface area (Å²) in [4.78, 5) is 5.37. The largest absolute Gasteiger partial charge is 0.344 e. The molecule has 5 heteroatoms. The van der Waals surface area contributed by atoms with E-state index in [4.69, 9.17) is 12.2 Å². The number of rotatable bonds is 3. The predicted molar refractivity (Wildman–Crippen MR) is 85.8 cm³/mol. The van der Waals surface area contributed by atoms with Gasteiger partial charge in [-0.05, 0) is 25.0 Å². The Hall–Kier alpha value is -1.46. The van der Waals surface area contributed by atoms with Crippen LogP contribution in [0.2, 0.25) is 0 Å². The van der Waals surface area contributed by atoms with Crippen LogP contribution in [0.4, 0.5) is 16.4 Å². The lowest BCUT2D eigenvalue weighted by atomic mass is 10.2. The minimum Gasteiger partial charge on any atom is -0.344 e. The number of unbranched alkanes of at least 4 members (excludes halogenated alkanes) is 1. The summed E-state index contributed by atoms with van der Waals surface area (Å²) in [7, 11) is 0. The number of para-hydroxylation sites is 2. The fourth-order valence-electron chi connectivity index (χ4n) is 2.04. The summed E-state index contributed by atoms with van der Waals surface area (Å²) in [5, 5.41) is 8.90. The number of fused-ring (bicyclic) bond motifs is 2. The highest BCUT2D eigenvalue weighted by Crippen LogP contribution is 2.35. The summed E-state index contributed by atoms with van der Waals surface area (Å²) < 4.78 is 0. The minimum atomic E-state index is 0.700. The van der Waals surface area contributed by atoms with Gasteiger partial charge in [-0.15, -0.1) is 11.3 Å². The maximum atomic E-state index is 5.44. The van der Waals surface area contributed by atoms with Crippen molar-refractivity contribution in [3.63, 3.8) is 0 Å². The SMILES string of the molecule is CCCCc1nc2c(s1)Nc1ccccc1NC2=S. The van der Waals surface area contributed by atoms with Crippen LogP contribution in [0.5, 0.6) is 0 Å². The average molecular weight is 289 g/mol. The molecule has 2 N–H and O–H groups in total. The van der Waals surface area contributed by atoms with Crippen molar-refractivity contribution >= 4 is 44.9 Å². The molecule has 1 aromatic carbocycles. The lowest BCUT2D eigenvalue weighted by Crippen LogP contribution is -2.09. The highest BCUT2D eigenvalue weighted by molar-refractivity contribution is 7.81. The zero-order valence-electron chi connectivity index (χ0n) is 10.7. The second kappa shape index (κ2) is 5.27. The molecule has 98 valence electrons. The van der Waals surface area contributed by atoms with E-state index in [0.717, 1.165) is 33.5 Å². The molecule has 0 atom stereocenters. The topological polar surface area (TPSA) is 37.0 Å². The zero-order chi connectivity index (χ0) is 13.2. The summed E-state index contributed by atoms with van der Waals surface area (Å²) in [6, 6.07) is 8.07. The summed E-state index contributed by atoms with van der Waals surface area (Å²) in [5.74, 6) is 0. The van der Waals surface area contributed by atoms with Gasteiger partial charge < -0.3 is 10.6 Å². The monoisotopic (exact) mass is 289 g/mol. The minimum absolute atomic E-state index is 0.700. The van der Waals surface area contributed by atoms with Crippen molar-refractivity contribution < 1.29 is 0 Å². The Labute approximate surface area is 122 Å². The van der Waals surface area contributed by atoms with Crippen LogP contribution in [0.15, 0.2) is 24.3 Å². The van der Waals surface area contributed by atoms with Crippen molar-refractivity contribution in [1.29, 1.82) is 0 Å². The summed E-state index contributed by atoms with van der Waals surface area (Å²) >= 11 is 7.15. The number of nitrogens with zero attached hydrogens (tertiary/aromatic N) is 1. The van der Waals surface area contributed by atoms with E-state index in [1.165, 1.54) is 12.8 Å². The van der Waals surface area contributed by atoms with Crippen LogP contribution < -0.4 is 10.6 Å². The van der Waals surface area contributed by atoms with Crippen LogP contribution in [0.1, 0.15) is 30.5 Å². The third-order valence-corrected chi connectivity index (χ3v) is 4.38. The van der Waals surface area contributed by atoms with Crippen LogP contribution in [-0.2, 0) is 6.42 Å². The molecule has 0 aliphatic carbocycles. The van der Waals surface area contributed by atoms with Crippen LogP contribution in [-0.4, -0.2) is 9.97 Å². The molecule has 3 rings (SSSR count). The fraction of sp³-hybridized carbons (Fsp3) is 0.286. The molecule has 0 saturated carbocycles. The molecule has 3 nitrogen and oxygen atoms in total. The van der Waals surface area contributed by atoms with Gasteiger partial charge >= 0.3 is 0 Å². The molecule has 0 spiro atoms. The first-order chi connectivity index (χ1) is 9.28. The van der Waals surface area contributed by atoms with Crippen LogP contribution in [0.3, 0.4) is 0 Å². The number of thiocarbonyl (C=S) groups is 1. The Kier molecular flexibility index (Phi) is 3.48. The Morgan fingerprint density at radius 1 is 1.21 bits per heavy atom. The van der Waals surface area contributed by atoms with E-state index in [1.54, 1.807) is 11.3 Å². The Balaban J connectivity index is 1.96. The van der Waals surface area contributed by atoms with Crippen LogP contribution in [0.25, 0.3) is 0 Å². The number of nitrogens with one attached hydrogen (secondary N) is 2. The van der Waals surface area contributed by atoms with Gasteiger partial charge in [-0.25, -0.2) is 4.98 Å². The van der Waals surface area contributed by atoms with E-state index >= 15 is 0 Å². The smallest absolute Gasteiger partial charge is 0.133 e. The average Bonchev–Trinajstić information content (AvgIpc) is 2.76. The lowest BCUT2D eigenvalue weighted by molar-refractivity contribution is 0.789. The molecule has 0 unspecified atom stereocenters. The quantitative estimate of drug-likeness (QED) is 0.825. The Morgan fingerprint density at radius 3 is 2.68 bits per heavy atom. The van der Waals surface area contributed by atoms with Gasteiger partial charge in [0.2, 0.25) is 0 Å². The summed E-state index contributed by atoms with van der Waals surface area (Å²) in [5.41, 5.74) is 2.93. The predicted octanol–water partition coefficient (Wildman–Crippen LogP) is 4.33. The first-order valence-electron chi connectivity index (χ1n) is 6.45. The van der Waals surface area contributed by atoms with Crippen molar-refractivity contribution in [1.82, 2.24) is 4.98 Å². The van der Waals surface area contributed by atoms with Gasteiger partial charge in [0.05, 0.1) is 16.4 Å². The number of thiazole rings is 1. The first kappa shape index (κ1) is 12.6. The number of aryl methyl sites for hydroxylation is 1. The number of anilines is 3. The van der Waals surface area contributed by atoms with Crippen molar-refractivity contribution in [2.24, 2.45) is 0 Å². The van der Waals surface area contributed by atoms with Crippen molar-refractivity contribution in [2.75, 3.05) is 10.6 Å². The number of benzene rings is 1. The van der Waals surface area contributed by atoms with Gasteiger partial charge in [-0.2, -0.15) is 0 Å². The molecular formula is C14H15N3S2. The third-order valence-electron chi connectivity index (χ3n) is 3.05. The van der Waals surface area contributed by atoms with Gasteiger partial charge in [0.15, 0.2) is 0 Å². The second-order valence-electron chi connectivity index (χ2n) is 4.51. The standard InChI is InChI=1S/C14H15N3S2/c1-2-3-8-11-17-12-13(18)15-9-6-4-5-7-10(9)16-14(12)19-11/h4-7,16H,2-3,8H2,1H3,(H,15,18). The van der Waals surface area contributed by atoms with E-state index in [-0.39, 0.29) is 0 Å². The third kappa shape index (κ3) is 2.48. The Bertz CT molecular complexity index is 619. The summed E-state index contributed by atoms with van der Waals surface area (Å²) in [6.07, 6.45) is 3.38. The highest BCUT2D eigenvalue weighted by Gasteiger charge is 2.20. The van der Waals surface area contributed by atoms with E-state index < -0.39 is 0 Å². The molecule has 0 saturated heterocycles. The molecular weight excluding hydrogens is 274 g/mol. The molecule has 2 aromatic rings. The van der Waals surface area contributed by atoms with E-state index in [1.807, 2.05) is 24.3 Å². The maximum absolute atomic E-state index is 5.44. The van der Waals surface area contributed by atoms with E-state index in [2.05, 4.69) is 22.5 Å². The number of hydrogen-bond donors (Lipinski definition) is 2. The first-order valence-corrected chi connectivity index (χ1v) is 7.67. The van der Waals surface area contributed by atoms with Crippen LogP contribution >= 0.6 is 23.6 Å².